The lowest BCUT2D eigenvalue weighted by molar-refractivity contribution is 0.0243. The Kier molecular flexibility index (Phi) is 12.8. The monoisotopic (exact) mass is 352 g/mol. The fourth-order valence-corrected chi connectivity index (χ4v) is 2.89. The molecule has 0 aromatic carbocycles. The summed E-state index contributed by atoms with van der Waals surface area (Å²) < 4.78 is 27.8. The maximum absolute atomic E-state index is 5.70. The van der Waals surface area contributed by atoms with Crippen LogP contribution in [-0.4, -0.2) is 69.5 Å². The lowest BCUT2D eigenvalue weighted by Gasteiger charge is -2.17. The minimum atomic E-state index is -1.40. The fraction of sp³-hybridized carbons (Fsp3) is 1.00. The molecular formula is C15H36O5Si2. The quantitative estimate of drug-likeness (QED) is 0.335. The zero-order valence-electron chi connectivity index (χ0n) is 15.4. The van der Waals surface area contributed by atoms with Crippen molar-refractivity contribution in [1.82, 2.24) is 0 Å². The summed E-state index contributed by atoms with van der Waals surface area (Å²) in [7, 11) is -2.79. The first-order valence-corrected chi connectivity index (χ1v) is 15.0. The Morgan fingerprint density at radius 3 is 1.14 bits per heavy atom. The van der Waals surface area contributed by atoms with Crippen molar-refractivity contribution in [3.63, 3.8) is 0 Å². The third-order valence-electron chi connectivity index (χ3n) is 2.47. The molecule has 0 aliphatic heterocycles. The molecule has 0 heterocycles. The van der Waals surface area contributed by atoms with Gasteiger partial charge in [-0.3, -0.25) is 0 Å². The predicted molar refractivity (Wildman–Crippen MR) is 95.7 cm³/mol. The van der Waals surface area contributed by atoms with Crippen LogP contribution in [0.2, 0.25) is 39.3 Å². The second-order valence-corrected chi connectivity index (χ2v) is 16.1. The highest BCUT2D eigenvalue weighted by atomic mass is 28.4. The van der Waals surface area contributed by atoms with Gasteiger partial charge >= 0.3 is 0 Å². The standard InChI is InChI=1S/C15H36O5Si2/c1-21(2,3)19-14-12-17-9-7-8-16-10-11-18-13-15-20-22(4,5)6/h7-15H2,1-6H3. The summed E-state index contributed by atoms with van der Waals surface area (Å²) in [5.41, 5.74) is 0. The van der Waals surface area contributed by atoms with Gasteiger partial charge < -0.3 is 23.1 Å². The first-order chi connectivity index (χ1) is 10.2. The molecular weight excluding hydrogens is 316 g/mol. The first-order valence-electron chi connectivity index (χ1n) is 8.22. The summed E-state index contributed by atoms with van der Waals surface area (Å²) in [6.45, 7) is 18.5. The highest BCUT2D eigenvalue weighted by Gasteiger charge is 2.13. The van der Waals surface area contributed by atoms with Gasteiger partial charge in [0.2, 0.25) is 0 Å². The molecule has 5 nitrogen and oxygen atoms in total. The second-order valence-electron chi connectivity index (χ2n) is 7.11. The van der Waals surface area contributed by atoms with Gasteiger partial charge in [0.1, 0.15) is 0 Å². The van der Waals surface area contributed by atoms with Crippen LogP contribution in [0.4, 0.5) is 0 Å². The summed E-state index contributed by atoms with van der Waals surface area (Å²) in [5.74, 6) is 0. The average Bonchev–Trinajstić information content (AvgIpc) is 2.36. The third-order valence-corrected chi connectivity index (χ3v) is 4.62. The van der Waals surface area contributed by atoms with Crippen LogP contribution in [0.5, 0.6) is 0 Å². The summed E-state index contributed by atoms with van der Waals surface area (Å²) in [6.07, 6.45) is 0.908. The van der Waals surface area contributed by atoms with E-state index < -0.39 is 16.6 Å². The topological polar surface area (TPSA) is 46.2 Å². The highest BCUT2D eigenvalue weighted by Crippen LogP contribution is 2.02. The molecule has 7 heteroatoms. The van der Waals surface area contributed by atoms with Crippen LogP contribution in [0.3, 0.4) is 0 Å². The summed E-state index contributed by atoms with van der Waals surface area (Å²) in [6, 6.07) is 0. The zero-order valence-corrected chi connectivity index (χ0v) is 17.4. The van der Waals surface area contributed by atoms with Crippen molar-refractivity contribution in [2.24, 2.45) is 0 Å². The van der Waals surface area contributed by atoms with E-state index in [1.807, 2.05) is 0 Å². The van der Waals surface area contributed by atoms with Crippen molar-refractivity contribution >= 4 is 16.6 Å². The van der Waals surface area contributed by atoms with E-state index in [0.717, 1.165) is 13.0 Å². The third kappa shape index (κ3) is 20.2. The Bertz CT molecular complexity index is 225. The van der Waals surface area contributed by atoms with Crippen molar-refractivity contribution in [3.05, 3.63) is 0 Å². The minimum absolute atomic E-state index is 0.625. The Balaban J connectivity index is 3.09. The average molecular weight is 353 g/mol. The van der Waals surface area contributed by atoms with Crippen LogP contribution < -0.4 is 0 Å². The van der Waals surface area contributed by atoms with Gasteiger partial charge in [0.05, 0.1) is 39.6 Å². The molecule has 0 unspecified atom stereocenters. The van der Waals surface area contributed by atoms with Crippen molar-refractivity contribution in [3.8, 4) is 0 Å². The van der Waals surface area contributed by atoms with E-state index in [0.29, 0.717) is 46.2 Å². The molecule has 0 spiro atoms. The van der Waals surface area contributed by atoms with Crippen LogP contribution in [0.1, 0.15) is 6.42 Å². The smallest absolute Gasteiger partial charge is 0.183 e. The molecule has 0 saturated heterocycles. The van der Waals surface area contributed by atoms with Gasteiger partial charge in [-0.1, -0.05) is 0 Å². The van der Waals surface area contributed by atoms with Gasteiger partial charge in [0.25, 0.3) is 0 Å². The molecule has 0 bridgehead atoms. The molecule has 0 saturated carbocycles. The Hall–Kier alpha value is 0.234. The Morgan fingerprint density at radius 2 is 0.773 bits per heavy atom. The molecule has 0 aliphatic carbocycles. The first kappa shape index (κ1) is 22.2. The van der Waals surface area contributed by atoms with Crippen LogP contribution in [0, 0.1) is 0 Å². The van der Waals surface area contributed by atoms with E-state index in [4.69, 9.17) is 23.1 Å². The van der Waals surface area contributed by atoms with E-state index in [9.17, 15) is 0 Å². The second kappa shape index (κ2) is 12.6. The number of rotatable bonds is 15. The normalized spacial score (nSPS) is 12.8. The van der Waals surface area contributed by atoms with Gasteiger partial charge in [0.15, 0.2) is 16.6 Å². The van der Waals surface area contributed by atoms with E-state index in [1.165, 1.54) is 0 Å². The van der Waals surface area contributed by atoms with Gasteiger partial charge in [-0.05, 0) is 45.7 Å². The number of hydrogen-bond donors (Lipinski definition) is 0. The molecule has 0 atom stereocenters. The predicted octanol–water partition coefficient (Wildman–Crippen LogP) is 3.13. The van der Waals surface area contributed by atoms with E-state index in [-0.39, 0.29) is 0 Å². The van der Waals surface area contributed by atoms with E-state index >= 15 is 0 Å². The van der Waals surface area contributed by atoms with Gasteiger partial charge in [-0.15, -0.1) is 0 Å². The molecule has 0 N–H and O–H groups in total. The molecule has 0 aliphatic rings. The van der Waals surface area contributed by atoms with Gasteiger partial charge in [0, 0.05) is 13.2 Å². The van der Waals surface area contributed by atoms with E-state index in [1.54, 1.807) is 0 Å². The van der Waals surface area contributed by atoms with Gasteiger partial charge in [-0.25, -0.2) is 0 Å². The molecule has 0 aromatic heterocycles. The zero-order chi connectivity index (χ0) is 16.9. The fourth-order valence-electron chi connectivity index (χ4n) is 1.50. The van der Waals surface area contributed by atoms with Crippen molar-refractivity contribution < 1.29 is 23.1 Å². The van der Waals surface area contributed by atoms with E-state index in [2.05, 4.69) is 39.3 Å². The molecule has 0 radical (unpaired) electrons. The Labute approximate surface area is 138 Å². The summed E-state index contributed by atoms with van der Waals surface area (Å²) >= 11 is 0. The van der Waals surface area contributed by atoms with Gasteiger partial charge in [-0.2, -0.15) is 0 Å². The largest absolute Gasteiger partial charge is 0.415 e. The molecule has 0 amide bonds. The maximum atomic E-state index is 5.70. The van der Waals surface area contributed by atoms with Crippen LogP contribution in [0.15, 0.2) is 0 Å². The van der Waals surface area contributed by atoms with Crippen molar-refractivity contribution in [1.29, 1.82) is 0 Å². The lowest BCUT2D eigenvalue weighted by atomic mass is 10.5. The summed E-state index contributed by atoms with van der Waals surface area (Å²) in [5, 5.41) is 0. The minimum Gasteiger partial charge on any atom is -0.415 e. The Morgan fingerprint density at radius 1 is 0.455 bits per heavy atom. The molecule has 22 heavy (non-hydrogen) atoms. The van der Waals surface area contributed by atoms with Crippen LogP contribution in [0.25, 0.3) is 0 Å². The van der Waals surface area contributed by atoms with Crippen LogP contribution >= 0.6 is 0 Å². The summed E-state index contributed by atoms with van der Waals surface area (Å²) in [4.78, 5) is 0. The van der Waals surface area contributed by atoms with Crippen LogP contribution in [-0.2, 0) is 23.1 Å². The molecule has 134 valence electrons. The SMILES string of the molecule is C[Si](C)(C)OCCOCCCOCCOCCO[Si](C)(C)C. The number of hydrogen-bond acceptors (Lipinski definition) is 5. The number of ether oxygens (including phenoxy) is 3. The molecule has 0 fully saturated rings. The molecule has 0 aromatic rings. The highest BCUT2D eigenvalue weighted by molar-refractivity contribution is 6.70. The van der Waals surface area contributed by atoms with Crippen molar-refractivity contribution in [2.75, 3.05) is 52.9 Å². The lowest BCUT2D eigenvalue weighted by Crippen LogP contribution is -2.27. The maximum Gasteiger partial charge on any atom is 0.183 e. The van der Waals surface area contributed by atoms with Crippen molar-refractivity contribution in [2.45, 2.75) is 45.7 Å². The molecule has 0 rings (SSSR count).